The average molecular weight is 343 g/mol. The second-order valence-electron chi connectivity index (χ2n) is 7.67. The molecule has 0 saturated heterocycles. The van der Waals surface area contributed by atoms with Crippen LogP contribution in [-0.4, -0.2) is 37.7 Å². The predicted octanol–water partition coefficient (Wildman–Crippen LogP) is 5.27. The van der Waals surface area contributed by atoms with Crippen molar-refractivity contribution in [2.45, 2.75) is 52.4 Å². The van der Waals surface area contributed by atoms with Crippen LogP contribution >= 0.6 is 0 Å². The normalized spacial score (nSPS) is 13.9. The fourth-order valence-corrected chi connectivity index (χ4v) is 4.30. The van der Waals surface area contributed by atoms with Gasteiger partial charge in [0, 0.05) is 6.42 Å². The third kappa shape index (κ3) is 5.14. The quantitative estimate of drug-likeness (QED) is 0.495. The van der Waals surface area contributed by atoms with Crippen molar-refractivity contribution in [2.75, 3.05) is 0 Å². The van der Waals surface area contributed by atoms with Gasteiger partial charge in [-0.1, -0.05) is 66.1 Å². The molecule has 131 valence electrons. The molecule has 0 nitrogen and oxygen atoms in total. The van der Waals surface area contributed by atoms with Gasteiger partial charge in [-0.2, -0.15) is 0 Å². The zero-order valence-corrected chi connectivity index (χ0v) is 15.4. The van der Waals surface area contributed by atoms with Crippen molar-refractivity contribution in [1.82, 2.24) is 0 Å². The molecule has 2 aliphatic carbocycles. The molecule has 0 heterocycles. The van der Waals surface area contributed by atoms with Gasteiger partial charge in [-0.3, -0.25) is 0 Å². The first-order valence-electron chi connectivity index (χ1n) is 9.63. The Morgan fingerprint density at radius 1 is 0.741 bits per heavy atom. The van der Waals surface area contributed by atoms with E-state index in [1.54, 1.807) is 5.56 Å². The molecule has 0 fully saturated rings. The van der Waals surface area contributed by atoms with Crippen LogP contribution in [0.2, 0.25) is 0 Å². The minimum atomic E-state index is 0. The van der Waals surface area contributed by atoms with Crippen LogP contribution in [0.4, 0.5) is 0 Å². The second-order valence-corrected chi connectivity index (χ2v) is 7.67. The number of fused-ring (bicyclic) bond motifs is 2. The van der Waals surface area contributed by atoms with E-state index in [0.29, 0.717) is 0 Å². The molecule has 0 amide bonds. The Labute approximate surface area is 188 Å². The summed E-state index contributed by atoms with van der Waals surface area (Å²) in [7, 11) is 0. The summed E-state index contributed by atoms with van der Waals surface area (Å²) in [5.74, 6) is 0. The van der Waals surface area contributed by atoms with Gasteiger partial charge in [-0.25, -0.2) is 0 Å². The second kappa shape index (κ2) is 10.1. The van der Waals surface area contributed by atoms with Crippen molar-refractivity contribution >= 4 is 49.9 Å². The van der Waals surface area contributed by atoms with Gasteiger partial charge < -0.3 is 0 Å². The van der Waals surface area contributed by atoms with E-state index < -0.39 is 0 Å². The molecule has 2 aromatic rings. The molecule has 0 aromatic heterocycles. The van der Waals surface area contributed by atoms with Gasteiger partial charge in [0.15, 0.2) is 0 Å². The molecule has 0 N–H and O–H groups in total. The molecule has 1 radical (unpaired) electrons. The number of aryl methyl sites for hydroxylation is 2. The van der Waals surface area contributed by atoms with Crippen LogP contribution in [0.5, 0.6) is 0 Å². The van der Waals surface area contributed by atoms with Crippen molar-refractivity contribution in [3.63, 3.8) is 0 Å². The molecule has 27 heavy (non-hydrogen) atoms. The van der Waals surface area contributed by atoms with E-state index in [0.717, 1.165) is 6.42 Å². The van der Waals surface area contributed by atoms with Crippen LogP contribution in [0.1, 0.15) is 66.5 Å². The molecule has 4 rings (SSSR count). The fraction of sp³-hybridized carbons (Fsp3) is 0.320. The molecule has 0 saturated carbocycles. The van der Waals surface area contributed by atoms with Crippen molar-refractivity contribution in [1.29, 1.82) is 0 Å². The van der Waals surface area contributed by atoms with E-state index in [4.69, 9.17) is 0 Å². The first kappa shape index (κ1) is 22.4. The Balaban J connectivity index is 0.00000131. The van der Waals surface area contributed by atoms with Crippen molar-refractivity contribution in [3.8, 4) is 0 Å². The summed E-state index contributed by atoms with van der Waals surface area (Å²) in [6.45, 7) is 4.44. The van der Waals surface area contributed by atoms with Crippen molar-refractivity contribution < 1.29 is 0 Å². The Morgan fingerprint density at radius 2 is 1.41 bits per heavy atom. The summed E-state index contributed by atoms with van der Waals surface area (Å²) in [6, 6.07) is 13.6. The van der Waals surface area contributed by atoms with Gasteiger partial charge in [0.05, 0.1) is 0 Å². The summed E-state index contributed by atoms with van der Waals surface area (Å²) < 4.78 is 0. The Kier molecular flexibility index (Phi) is 8.34. The van der Waals surface area contributed by atoms with E-state index in [2.05, 4.69) is 68.8 Å². The monoisotopic (exact) mass is 343 g/mol. The number of unbranched alkanes of at least 4 members (excludes halogenated alkanes) is 2. The summed E-state index contributed by atoms with van der Waals surface area (Å²) >= 11 is 0. The molecular formula is C25H29Li2. The number of rotatable bonds is 6. The van der Waals surface area contributed by atoms with Gasteiger partial charge in [-0.05, 0) is 79.3 Å². The number of hydrogen-bond donors (Lipinski definition) is 0. The Hall–Kier alpha value is -0.885. The summed E-state index contributed by atoms with van der Waals surface area (Å²) in [4.78, 5) is 0. The van der Waals surface area contributed by atoms with Gasteiger partial charge in [0.1, 0.15) is 0 Å². The maximum absolute atomic E-state index is 2.39. The maximum atomic E-state index is 2.39. The molecule has 0 spiro atoms. The topological polar surface area (TPSA) is 0 Å². The molecular weight excluding hydrogens is 314 g/mol. The SMILES string of the molecule is CC1=Cc2cccc(CCCCCc3cccc4c3C=C(C)C4)c2[CH]1.[LiH].[LiH]. The van der Waals surface area contributed by atoms with Crippen LogP contribution in [0, 0.1) is 6.42 Å². The molecule has 2 heteroatoms. The van der Waals surface area contributed by atoms with Crippen molar-refractivity contribution in [3.05, 3.63) is 87.3 Å². The minimum absolute atomic E-state index is 0. The number of allylic oxidation sites excluding steroid dienone is 2. The molecule has 0 aliphatic heterocycles. The van der Waals surface area contributed by atoms with Gasteiger partial charge in [-0.15, -0.1) is 0 Å². The zero-order valence-electron chi connectivity index (χ0n) is 15.4. The number of hydrogen-bond acceptors (Lipinski definition) is 0. The summed E-state index contributed by atoms with van der Waals surface area (Å²) in [6.07, 6.45) is 14.5. The predicted molar refractivity (Wildman–Crippen MR) is 123 cm³/mol. The van der Waals surface area contributed by atoms with E-state index in [-0.39, 0.29) is 37.7 Å². The third-order valence-electron chi connectivity index (χ3n) is 5.52. The molecule has 0 bridgehead atoms. The van der Waals surface area contributed by atoms with Crippen LogP contribution in [0.15, 0.2) is 47.5 Å². The summed E-state index contributed by atoms with van der Waals surface area (Å²) in [5, 5.41) is 0. The van der Waals surface area contributed by atoms with Crippen LogP contribution in [0.3, 0.4) is 0 Å². The standard InChI is InChI=1S/C25H27.2Li.2H/c1-18-14-22-12-6-10-20(24(22)16-18)8-4-3-5-9-21-11-7-13-23-15-19(2)17-25(21)23;;;;/h6-7,10-14,16-17H,3-5,8-9,15H2,1-2H3;;;;. The zero-order chi connectivity index (χ0) is 17.2. The van der Waals surface area contributed by atoms with Gasteiger partial charge >= 0.3 is 37.7 Å². The van der Waals surface area contributed by atoms with E-state index in [1.807, 2.05) is 0 Å². The fourth-order valence-electron chi connectivity index (χ4n) is 4.30. The average Bonchev–Trinajstić information content (AvgIpc) is 3.16. The molecule has 0 atom stereocenters. The van der Waals surface area contributed by atoms with E-state index in [9.17, 15) is 0 Å². The van der Waals surface area contributed by atoms with E-state index in [1.165, 1.54) is 71.1 Å². The van der Waals surface area contributed by atoms with Gasteiger partial charge in [0.2, 0.25) is 0 Å². The van der Waals surface area contributed by atoms with Crippen LogP contribution in [-0.2, 0) is 19.3 Å². The molecule has 0 unspecified atom stereocenters. The van der Waals surface area contributed by atoms with Crippen LogP contribution in [0.25, 0.3) is 12.2 Å². The first-order valence-corrected chi connectivity index (χ1v) is 9.63. The molecule has 2 aromatic carbocycles. The Bertz CT molecular complexity index is 859. The number of benzene rings is 2. The van der Waals surface area contributed by atoms with Gasteiger partial charge in [0.25, 0.3) is 0 Å². The van der Waals surface area contributed by atoms with Crippen LogP contribution < -0.4 is 0 Å². The Morgan fingerprint density at radius 3 is 2.15 bits per heavy atom. The molecule has 2 aliphatic rings. The summed E-state index contributed by atoms with van der Waals surface area (Å²) in [5.41, 5.74) is 11.8. The first-order chi connectivity index (χ1) is 12.2. The third-order valence-corrected chi connectivity index (χ3v) is 5.52. The van der Waals surface area contributed by atoms with E-state index >= 15 is 0 Å². The van der Waals surface area contributed by atoms with Crippen molar-refractivity contribution in [2.24, 2.45) is 0 Å².